The smallest absolute Gasteiger partial charge is 0.348 e. The highest BCUT2D eigenvalue weighted by Crippen LogP contribution is 2.31. The largest absolute Gasteiger partial charge is 0.626 e. The number of quaternary nitrogens is 1. The van der Waals surface area contributed by atoms with Crippen molar-refractivity contribution >= 4 is 29.1 Å². The summed E-state index contributed by atoms with van der Waals surface area (Å²) in [6, 6.07) is 2.62. The number of methoxy groups -OCH3 is 1. The number of anilines is 1. The molecule has 1 aliphatic heterocycles. The highest BCUT2D eigenvalue weighted by atomic mass is 35.5. The lowest BCUT2D eigenvalue weighted by atomic mass is 9.88. The first-order chi connectivity index (χ1) is 14.4. The number of hydroxylamine groups is 2. The molecule has 2 aliphatic rings. The van der Waals surface area contributed by atoms with Crippen LogP contribution in [0.2, 0.25) is 5.02 Å². The number of benzene rings is 1. The van der Waals surface area contributed by atoms with E-state index in [4.69, 9.17) is 16.3 Å². The van der Waals surface area contributed by atoms with E-state index in [2.05, 4.69) is 10.2 Å². The summed E-state index contributed by atoms with van der Waals surface area (Å²) in [6.07, 6.45) is 8.06. The van der Waals surface area contributed by atoms with E-state index in [1.807, 2.05) is 0 Å². The van der Waals surface area contributed by atoms with Crippen LogP contribution in [0.5, 0.6) is 5.75 Å². The molecule has 1 aromatic carbocycles. The minimum Gasteiger partial charge on any atom is -0.626 e. The molecule has 30 heavy (non-hydrogen) atoms. The SMILES string of the molecule is COc1cc(NC(C)=O)c(Cl)cc1C(=O)[NH+]([O-])C1CCN(CC2CCCCC2)CC1. The topological polar surface area (TPSA) is 86.1 Å². The van der Waals surface area contributed by atoms with Crippen LogP contribution < -0.4 is 15.1 Å². The number of carbonyl (C=O) groups is 2. The molecule has 1 saturated heterocycles. The normalized spacial score (nSPS) is 20.0. The van der Waals surface area contributed by atoms with Gasteiger partial charge in [0.1, 0.15) is 11.3 Å². The van der Waals surface area contributed by atoms with Gasteiger partial charge in [0, 0.05) is 45.5 Å². The molecule has 8 heteroatoms. The Balaban J connectivity index is 1.61. The summed E-state index contributed by atoms with van der Waals surface area (Å²) in [5, 5.41) is 15.3. The fourth-order valence-electron chi connectivity index (χ4n) is 4.62. The molecule has 1 atom stereocenters. The van der Waals surface area contributed by atoms with Crippen LogP contribution in [-0.2, 0) is 4.79 Å². The minimum atomic E-state index is -0.575. The third-order valence-corrected chi connectivity index (χ3v) is 6.58. The second kappa shape index (κ2) is 10.6. The number of likely N-dealkylation sites (tertiary alicyclic amines) is 1. The molecule has 1 aromatic rings. The van der Waals surface area contributed by atoms with E-state index in [9.17, 15) is 14.8 Å². The minimum absolute atomic E-state index is 0.145. The Morgan fingerprint density at radius 3 is 2.47 bits per heavy atom. The Bertz CT molecular complexity index is 759. The molecule has 1 heterocycles. The second-order valence-corrected chi connectivity index (χ2v) is 8.89. The molecule has 0 aromatic heterocycles. The lowest BCUT2D eigenvalue weighted by Crippen LogP contribution is -3.14. The van der Waals surface area contributed by atoms with Crippen LogP contribution in [0, 0.1) is 11.1 Å². The van der Waals surface area contributed by atoms with Crippen LogP contribution in [0.15, 0.2) is 12.1 Å². The number of rotatable bonds is 6. The second-order valence-electron chi connectivity index (χ2n) is 8.49. The van der Waals surface area contributed by atoms with Crippen molar-refractivity contribution in [1.82, 2.24) is 4.90 Å². The monoisotopic (exact) mass is 437 g/mol. The van der Waals surface area contributed by atoms with Gasteiger partial charge in [0.2, 0.25) is 5.91 Å². The Kier molecular flexibility index (Phi) is 8.11. The molecule has 2 amide bonds. The van der Waals surface area contributed by atoms with E-state index in [0.717, 1.165) is 25.6 Å². The van der Waals surface area contributed by atoms with E-state index >= 15 is 0 Å². The number of carbonyl (C=O) groups excluding carboxylic acids is 2. The molecular weight excluding hydrogens is 406 g/mol. The summed E-state index contributed by atoms with van der Waals surface area (Å²) in [6.45, 7) is 4.20. The maximum atomic E-state index is 12.9. The van der Waals surface area contributed by atoms with Crippen molar-refractivity contribution in [3.63, 3.8) is 0 Å². The van der Waals surface area contributed by atoms with Gasteiger partial charge >= 0.3 is 5.91 Å². The lowest BCUT2D eigenvalue weighted by molar-refractivity contribution is -0.790. The van der Waals surface area contributed by atoms with Gasteiger partial charge in [0.25, 0.3) is 0 Å². The first-order valence-electron chi connectivity index (χ1n) is 10.8. The summed E-state index contributed by atoms with van der Waals surface area (Å²) < 4.78 is 5.29. The number of nitrogens with one attached hydrogen (secondary N) is 2. The lowest BCUT2D eigenvalue weighted by Gasteiger charge is -2.38. The van der Waals surface area contributed by atoms with Crippen LogP contribution in [0.25, 0.3) is 0 Å². The standard InChI is InChI=1S/C22H32ClN3O4/c1-15(27)24-20-13-21(30-2)18(12-19(20)23)22(28)26(29)17-8-10-25(11-9-17)14-16-6-4-3-5-7-16/h12-13,16-17,26H,3-11,14H2,1-2H3,(H,24,27). The van der Waals surface area contributed by atoms with Crippen molar-refractivity contribution < 1.29 is 19.4 Å². The van der Waals surface area contributed by atoms with Crippen LogP contribution in [0.1, 0.15) is 62.2 Å². The Labute approximate surface area is 183 Å². The first kappa shape index (κ1) is 23.0. The molecule has 1 aliphatic carbocycles. The summed E-state index contributed by atoms with van der Waals surface area (Å²) in [7, 11) is 1.42. The third-order valence-electron chi connectivity index (χ3n) is 6.27. The zero-order valence-electron chi connectivity index (χ0n) is 17.8. The highest BCUT2D eigenvalue weighted by molar-refractivity contribution is 6.34. The van der Waals surface area contributed by atoms with E-state index in [-0.39, 0.29) is 33.3 Å². The molecular formula is C22H32ClN3O4. The number of piperidine rings is 1. The van der Waals surface area contributed by atoms with Crippen LogP contribution in [-0.4, -0.2) is 49.5 Å². The fraction of sp³-hybridized carbons (Fsp3) is 0.636. The van der Waals surface area contributed by atoms with E-state index < -0.39 is 5.91 Å². The maximum Gasteiger partial charge on any atom is 0.348 e. The summed E-state index contributed by atoms with van der Waals surface area (Å²) in [5.74, 6) is 0.153. The van der Waals surface area contributed by atoms with Gasteiger partial charge in [0.05, 0.1) is 23.9 Å². The van der Waals surface area contributed by atoms with Crippen LogP contribution in [0.3, 0.4) is 0 Å². The molecule has 2 fully saturated rings. The Morgan fingerprint density at radius 1 is 1.20 bits per heavy atom. The first-order valence-corrected chi connectivity index (χ1v) is 11.2. The Morgan fingerprint density at radius 2 is 1.87 bits per heavy atom. The van der Waals surface area contributed by atoms with Gasteiger partial charge < -0.3 is 25.2 Å². The number of nitrogens with zero attached hydrogens (tertiary/aromatic N) is 1. The van der Waals surface area contributed by atoms with Crippen molar-refractivity contribution in [2.75, 3.05) is 32.1 Å². The average Bonchev–Trinajstić information content (AvgIpc) is 2.75. The molecule has 7 nitrogen and oxygen atoms in total. The fourth-order valence-corrected chi connectivity index (χ4v) is 4.83. The summed E-state index contributed by atoms with van der Waals surface area (Å²) in [5.41, 5.74) is 0.493. The van der Waals surface area contributed by atoms with Gasteiger partial charge in [-0.15, -0.1) is 0 Å². The van der Waals surface area contributed by atoms with Crippen molar-refractivity contribution in [3.8, 4) is 5.75 Å². The highest BCUT2D eigenvalue weighted by Gasteiger charge is 2.31. The van der Waals surface area contributed by atoms with E-state index in [0.29, 0.717) is 18.5 Å². The molecule has 166 valence electrons. The van der Waals surface area contributed by atoms with Gasteiger partial charge in [0.15, 0.2) is 0 Å². The number of hydrogen-bond acceptors (Lipinski definition) is 5. The van der Waals surface area contributed by atoms with Crippen molar-refractivity contribution in [2.24, 2.45) is 5.92 Å². The Hall–Kier alpha value is -1.67. The summed E-state index contributed by atoms with van der Waals surface area (Å²) >= 11 is 6.21. The number of halogens is 1. The quantitative estimate of drug-likeness (QED) is 0.668. The van der Waals surface area contributed by atoms with Gasteiger partial charge in [-0.05, 0) is 24.8 Å². The maximum absolute atomic E-state index is 12.9. The van der Waals surface area contributed by atoms with Crippen molar-refractivity contribution in [1.29, 1.82) is 0 Å². The van der Waals surface area contributed by atoms with Crippen LogP contribution in [0.4, 0.5) is 5.69 Å². The zero-order valence-corrected chi connectivity index (χ0v) is 18.6. The molecule has 2 N–H and O–H groups in total. The van der Waals surface area contributed by atoms with E-state index in [1.165, 1.54) is 58.3 Å². The molecule has 1 saturated carbocycles. The zero-order chi connectivity index (χ0) is 21.7. The molecule has 0 spiro atoms. The van der Waals surface area contributed by atoms with Gasteiger partial charge in [-0.25, -0.2) is 4.79 Å². The van der Waals surface area contributed by atoms with Crippen molar-refractivity contribution in [3.05, 3.63) is 27.9 Å². The number of hydrogen-bond donors (Lipinski definition) is 2. The average molecular weight is 438 g/mol. The third kappa shape index (κ3) is 5.72. The van der Waals surface area contributed by atoms with Crippen molar-refractivity contribution in [2.45, 2.75) is 57.9 Å². The van der Waals surface area contributed by atoms with E-state index in [1.54, 1.807) is 0 Å². The predicted octanol–water partition coefficient (Wildman–Crippen LogP) is 2.87. The van der Waals surface area contributed by atoms with Gasteiger partial charge in [-0.2, -0.15) is 0 Å². The van der Waals surface area contributed by atoms with Gasteiger partial charge in [-0.1, -0.05) is 30.9 Å². The molecule has 0 radical (unpaired) electrons. The van der Waals surface area contributed by atoms with Gasteiger partial charge in [-0.3, -0.25) is 4.79 Å². The predicted molar refractivity (Wildman–Crippen MR) is 117 cm³/mol. The summed E-state index contributed by atoms with van der Waals surface area (Å²) in [4.78, 5) is 26.7. The number of amides is 2. The molecule has 3 rings (SSSR count). The molecule has 1 unspecified atom stereocenters. The van der Waals surface area contributed by atoms with Crippen LogP contribution >= 0.6 is 11.6 Å². The number of ether oxygens (including phenoxy) is 1. The molecule has 0 bridgehead atoms.